The number of aryl methyl sites for hydroxylation is 1. The number of hydrogen-bond acceptors (Lipinski definition) is 2. The van der Waals surface area contributed by atoms with Crippen LogP contribution in [0.1, 0.15) is 39.2 Å². The third kappa shape index (κ3) is 2.36. The van der Waals surface area contributed by atoms with Gasteiger partial charge in [0.2, 0.25) is 0 Å². The second-order valence-corrected chi connectivity index (χ2v) is 5.35. The van der Waals surface area contributed by atoms with Gasteiger partial charge in [-0.15, -0.1) is 0 Å². The largest absolute Gasteiger partial charge is 0.489 e. The number of hydrogen-bond donors (Lipinski definition) is 0. The van der Waals surface area contributed by atoms with E-state index >= 15 is 0 Å². The van der Waals surface area contributed by atoms with E-state index in [1.165, 1.54) is 5.56 Å². The second-order valence-electron chi connectivity index (χ2n) is 5.35. The van der Waals surface area contributed by atoms with Crippen LogP contribution in [-0.2, 0) is 11.2 Å². The van der Waals surface area contributed by atoms with Gasteiger partial charge in [0, 0.05) is 6.42 Å². The van der Waals surface area contributed by atoms with Gasteiger partial charge in [-0.2, -0.15) is 0 Å². The minimum atomic E-state index is -0.317. The van der Waals surface area contributed by atoms with Crippen molar-refractivity contribution in [1.82, 2.24) is 0 Å². The topological polar surface area (TPSA) is 26.3 Å². The maximum Gasteiger partial charge on any atom is 0.145 e. The van der Waals surface area contributed by atoms with Gasteiger partial charge in [-0.25, -0.2) is 0 Å². The normalized spacial score (nSPS) is 22.1. The third-order valence-electron chi connectivity index (χ3n) is 3.63. The Morgan fingerprint density at radius 2 is 1.94 bits per heavy atom. The summed E-state index contributed by atoms with van der Waals surface area (Å²) < 4.78 is 5.85. The molecule has 0 saturated heterocycles. The molecule has 1 saturated carbocycles. The van der Waals surface area contributed by atoms with E-state index in [0.29, 0.717) is 12.2 Å². The Labute approximate surface area is 103 Å². The fourth-order valence-corrected chi connectivity index (χ4v) is 2.11. The smallest absolute Gasteiger partial charge is 0.145 e. The molecule has 1 aromatic rings. The molecule has 0 radical (unpaired) electrons. The molecule has 17 heavy (non-hydrogen) atoms. The predicted molar refractivity (Wildman–Crippen MR) is 68.3 cm³/mol. The Morgan fingerprint density at radius 3 is 2.41 bits per heavy atom. The molecule has 0 amide bonds. The van der Waals surface area contributed by atoms with Gasteiger partial charge in [-0.05, 0) is 38.0 Å². The quantitative estimate of drug-likeness (QED) is 0.795. The Balaban J connectivity index is 1.98. The summed E-state index contributed by atoms with van der Waals surface area (Å²) in [7, 11) is 0. The lowest BCUT2D eigenvalue weighted by Crippen LogP contribution is -2.52. The van der Waals surface area contributed by atoms with Crippen molar-refractivity contribution in [3.05, 3.63) is 29.8 Å². The van der Waals surface area contributed by atoms with Crippen LogP contribution in [0.3, 0.4) is 0 Å². The Hall–Kier alpha value is -1.31. The predicted octanol–water partition coefficient (Wildman–Crippen LogP) is 3.39. The monoisotopic (exact) mass is 232 g/mol. The molecule has 0 N–H and O–H groups in total. The van der Waals surface area contributed by atoms with E-state index in [1.807, 2.05) is 26.0 Å². The average Bonchev–Trinajstić information content (AvgIpc) is 2.31. The molecular formula is C15H20O2. The maximum atomic E-state index is 11.4. The second kappa shape index (κ2) is 4.52. The summed E-state index contributed by atoms with van der Waals surface area (Å²) in [4.78, 5) is 11.4. The molecule has 1 aliphatic carbocycles. The molecule has 0 aromatic heterocycles. The molecule has 1 unspecified atom stereocenters. The minimum Gasteiger partial charge on any atom is -0.489 e. The first-order valence-electron chi connectivity index (χ1n) is 6.33. The van der Waals surface area contributed by atoms with Crippen molar-refractivity contribution in [2.75, 3.05) is 0 Å². The SMILES string of the molecule is CCCc1ccc(OC2CC(=O)C2(C)C)cc1. The minimum absolute atomic E-state index is 0.0343. The lowest BCUT2D eigenvalue weighted by atomic mass is 9.68. The van der Waals surface area contributed by atoms with Crippen LogP contribution in [0.2, 0.25) is 0 Å². The first-order chi connectivity index (χ1) is 8.04. The van der Waals surface area contributed by atoms with Crippen molar-refractivity contribution in [1.29, 1.82) is 0 Å². The summed E-state index contributed by atoms with van der Waals surface area (Å²) in [5, 5.41) is 0. The summed E-state index contributed by atoms with van der Waals surface area (Å²) >= 11 is 0. The molecule has 1 atom stereocenters. The Bertz CT molecular complexity index is 403. The maximum absolute atomic E-state index is 11.4. The van der Waals surface area contributed by atoms with Gasteiger partial charge >= 0.3 is 0 Å². The zero-order valence-corrected chi connectivity index (χ0v) is 10.8. The van der Waals surface area contributed by atoms with Crippen LogP contribution < -0.4 is 4.74 Å². The highest BCUT2D eigenvalue weighted by molar-refractivity contribution is 5.91. The van der Waals surface area contributed by atoms with Gasteiger partial charge in [0.25, 0.3) is 0 Å². The first-order valence-corrected chi connectivity index (χ1v) is 6.33. The fourth-order valence-electron chi connectivity index (χ4n) is 2.11. The zero-order chi connectivity index (χ0) is 12.5. The highest BCUT2D eigenvalue weighted by atomic mass is 16.5. The van der Waals surface area contributed by atoms with E-state index in [9.17, 15) is 4.79 Å². The van der Waals surface area contributed by atoms with E-state index in [-0.39, 0.29) is 11.5 Å². The van der Waals surface area contributed by atoms with Gasteiger partial charge in [0.15, 0.2) is 0 Å². The summed E-state index contributed by atoms with van der Waals surface area (Å²) in [6.07, 6.45) is 2.84. The average molecular weight is 232 g/mol. The molecule has 1 aliphatic rings. The summed E-state index contributed by atoms with van der Waals surface area (Å²) in [5.74, 6) is 1.17. The summed E-state index contributed by atoms with van der Waals surface area (Å²) in [5.41, 5.74) is 1.02. The molecule has 92 valence electrons. The van der Waals surface area contributed by atoms with Gasteiger partial charge in [-0.1, -0.05) is 25.5 Å². The van der Waals surface area contributed by atoms with Crippen molar-refractivity contribution >= 4 is 5.78 Å². The molecule has 0 spiro atoms. The molecule has 2 heteroatoms. The standard InChI is InChI=1S/C15H20O2/c1-4-5-11-6-8-12(9-7-11)17-14-10-13(16)15(14,2)3/h6-9,14H,4-5,10H2,1-3H3. The Morgan fingerprint density at radius 1 is 1.29 bits per heavy atom. The third-order valence-corrected chi connectivity index (χ3v) is 3.63. The number of rotatable bonds is 4. The molecule has 2 nitrogen and oxygen atoms in total. The zero-order valence-electron chi connectivity index (χ0n) is 10.8. The molecule has 0 heterocycles. The lowest BCUT2D eigenvalue weighted by molar-refractivity contribution is -0.148. The van der Waals surface area contributed by atoms with Gasteiger partial charge in [-0.3, -0.25) is 4.79 Å². The molecule has 2 rings (SSSR count). The Kier molecular flexibility index (Phi) is 3.23. The molecule has 0 bridgehead atoms. The van der Waals surface area contributed by atoms with Crippen LogP contribution in [0, 0.1) is 5.41 Å². The van der Waals surface area contributed by atoms with Crippen molar-refractivity contribution in [3.63, 3.8) is 0 Å². The van der Waals surface area contributed by atoms with E-state index in [0.717, 1.165) is 18.6 Å². The molecule has 1 fully saturated rings. The van der Waals surface area contributed by atoms with E-state index in [2.05, 4.69) is 19.1 Å². The van der Waals surface area contributed by atoms with Crippen molar-refractivity contribution < 1.29 is 9.53 Å². The van der Waals surface area contributed by atoms with E-state index in [4.69, 9.17) is 4.74 Å². The van der Waals surface area contributed by atoms with Crippen LogP contribution >= 0.6 is 0 Å². The van der Waals surface area contributed by atoms with Crippen LogP contribution in [0.4, 0.5) is 0 Å². The summed E-state index contributed by atoms with van der Waals surface area (Å²) in [6, 6.07) is 8.21. The van der Waals surface area contributed by atoms with Crippen LogP contribution in [-0.4, -0.2) is 11.9 Å². The van der Waals surface area contributed by atoms with Crippen molar-refractivity contribution in [3.8, 4) is 5.75 Å². The van der Waals surface area contributed by atoms with Gasteiger partial charge in [0.1, 0.15) is 17.6 Å². The number of ether oxygens (including phenoxy) is 1. The van der Waals surface area contributed by atoms with Crippen molar-refractivity contribution in [2.24, 2.45) is 5.41 Å². The number of carbonyl (C=O) groups excluding carboxylic acids is 1. The molecular weight excluding hydrogens is 212 g/mol. The highest BCUT2D eigenvalue weighted by Gasteiger charge is 2.49. The molecule has 0 aliphatic heterocycles. The fraction of sp³-hybridized carbons (Fsp3) is 0.533. The number of Topliss-reactive ketones (excluding diaryl/α,β-unsaturated/α-hetero) is 1. The number of carbonyl (C=O) groups is 1. The van der Waals surface area contributed by atoms with Gasteiger partial charge < -0.3 is 4.74 Å². The van der Waals surface area contributed by atoms with Gasteiger partial charge in [0.05, 0.1) is 5.41 Å². The number of benzene rings is 1. The van der Waals surface area contributed by atoms with E-state index in [1.54, 1.807) is 0 Å². The summed E-state index contributed by atoms with van der Waals surface area (Å²) in [6.45, 7) is 6.08. The van der Waals surface area contributed by atoms with Crippen LogP contribution in [0.25, 0.3) is 0 Å². The highest BCUT2D eigenvalue weighted by Crippen LogP contribution is 2.39. The first kappa shape index (κ1) is 12.2. The number of ketones is 1. The van der Waals surface area contributed by atoms with Crippen LogP contribution in [0.15, 0.2) is 24.3 Å². The van der Waals surface area contributed by atoms with Crippen molar-refractivity contribution in [2.45, 2.75) is 46.1 Å². The van der Waals surface area contributed by atoms with E-state index < -0.39 is 0 Å². The van der Waals surface area contributed by atoms with Crippen LogP contribution in [0.5, 0.6) is 5.75 Å². The molecule has 1 aromatic carbocycles. The lowest BCUT2D eigenvalue weighted by Gasteiger charge is -2.41.